The summed E-state index contributed by atoms with van der Waals surface area (Å²) < 4.78 is 71.9. The second-order valence-corrected chi connectivity index (χ2v) is 8.40. The number of alkyl halides is 5. The van der Waals surface area contributed by atoms with Gasteiger partial charge in [0.15, 0.2) is 5.41 Å². The number of carbonyl (C=O) groups is 2. The first-order chi connectivity index (χ1) is 13.1. The molecule has 0 bridgehead atoms. The van der Waals surface area contributed by atoms with Gasteiger partial charge in [-0.15, -0.1) is 0 Å². The van der Waals surface area contributed by atoms with E-state index in [0.29, 0.717) is 0 Å². The average Bonchev–Trinajstić information content (AvgIpc) is 2.54. The maximum Gasteiger partial charge on any atom is 0.410 e. The summed E-state index contributed by atoms with van der Waals surface area (Å²) in [5, 5.41) is 3.15. The molecule has 2 rings (SSSR count). The van der Waals surface area contributed by atoms with Gasteiger partial charge in [-0.2, -0.15) is 13.2 Å². The summed E-state index contributed by atoms with van der Waals surface area (Å²) in [6.45, 7) is 4.10. The molecule has 2 N–H and O–H groups in total. The number of rotatable bonds is 3. The second kappa shape index (κ2) is 7.60. The predicted octanol–water partition coefficient (Wildman–Crippen LogP) is 3.43. The van der Waals surface area contributed by atoms with Crippen molar-refractivity contribution in [3.63, 3.8) is 0 Å². The molecule has 0 unspecified atom stereocenters. The number of hydrogen-bond acceptors (Lipinski definition) is 5. The van der Waals surface area contributed by atoms with E-state index in [1.54, 1.807) is 20.8 Å². The van der Waals surface area contributed by atoms with Crippen molar-refractivity contribution < 1.29 is 41.1 Å². The summed E-state index contributed by atoms with van der Waals surface area (Å²) >= 11 is 0. The number of likely N-dealkylation sites (tertiary alicyclic amines) is 1. The van der Waals surface area contributed by atoms with Gasteiger partial charge in [0, 0.05) is 31.8 Å². The number of amides is 1. The van der Waals surface area contributed by atoms with E-state index in [1.807, 2.05) is 0 Å². The number of nitrogens with zero attached hydrogens (tertiary/aromatic N) is 2. The molecular weight excluding hydrogens is 405 g/mol. The number of nitrogens with two attached hydrogens (primary N) is 1. The van der Waals surface area contributed by atoms with Crippen LogP contribution < -0.4 is 5.73 Å². The van der Waals surface area contributed by atoms with E-state index in [4.69, 9.17) is 10.5 Å². The fourth-order valence-electron chi connectivity index (χ4n) is 3.13. The van der Waals surface area contributed by atoms with E-state index < -0.39 is 72.6 Å². The predicted molar refractivity (Wildman–Crippen MR) is 90.9 cm³/mol. The third kappa shape index (κ3) is 5.27. The topological polar surface area (TPSA) is 94.2 Å². The Morgan fingerprint density at radius 2 is 1.62 bits per heavy atom. The standard InChI is InChI=1S/C17H24F5N3O4/c1-14(2,3)28-13(27)25-6-4-15(5-7-25,17(20,21)22)12(26)29-24-11(23)10-8-16(18,19)9-10/h10H,4-9H2,1-3H3,(H2,23,24). The molecular formula is C17H24F5N3O4. The molecule has 2 aliphatic rings. The minimum Gasteiger partial charge on any atom is -0.444 e. The van der Waals surface area contributed by atoms with Gasteiger partial charge in [-0.3, -0.25) is 0 Å². The molecule has 1 aliphatic heterocycles. The quantitative estimate of drug-likeness (QED) is 0.244. The molecule has 1 saturated heterocycles. The summed E-state index contributed by atoms with van der Waals surface area (Å²) in [5.41, 5.74) is 1.74. The zero-order chi connectivity index (χ0) is 22.3. The molecule has 29 heavy (non-hydrogen) atoms. The molecule has 7 nitrogen and oxygen atoms in total. The van der Waals surface area contributed by atoms with Crippen LogP contribution in [-0.2, 0) is 14.4 Å². The van der Waals surface area contributed by atoms with Gasteiger partial charge in [-0.25, -0.2) is 18.4 Å². The van der Waals surface area contributed by atoms with Crippen LogP contribution in [0.1, 0.15) is 46.5 Å². The van der Waals surface area contributed by atoms with Crippen LogP contribution >= 0.6 is 0 Å². The lowest BCUT2D eigenvalue weighted by atomic mass is 9.77. The Bertz CT molecular complexity index is 672. The highest BCUT2D eigenvalue weighted by Crippen LogP contribution is 2.48. The molecule has 0 atom stereocenters. The summed E-state index contributed by atoms with van der Waals surface area (Å²) in [6.07, 6.45) is -8.44. The van der Waals surface area contributed by atoms with Crippen LogP contribution in [0.4, 0.5) is 26.7 Å². The molecule has 2 fully saturated rings. The number of oxime groups is 1. The molecule has 0 aromatic carbocycles. The number of carbonyl (C=O) groups excluding carboxylic acids is 2. The van der Waals surface area contributed by atoms with Gasteiger partial charge >= 0.3 is 18.2 Å². The Morgan fingerprint density at radius 1 is 1.10 bits per heavy atom. The van der Waals surface area contributed by atoms with Crippen molar-refractivity contribution in [3.05, 3.63) is 0 Å². The van der Waals surface area contributed by atoms with Gasteiger partial charge in [0.05, 0.1) is 0 Å². The van der Waals surface area contributed by atoms with Gasteiger partial charge in [-0.1, -0.05) is 5.16 Å². The Balaban J connectivity index is 2.04. The average molecular weight is 429 g/mol. The third-order valence-electron chi connectivity index (χ3n) is 4.94. The minimum absolute atomic E-state index is 0.377. The summed E-state index contributed by atoms with van der Waals surface area (Å²) in [7, 11) is 0. The van der Waals surface area contributed by atoms with E-state index in [0.717, 1.165) is 4.90 Å². The molecule has 1 aliphatic carbocycles. The monoisotopic (exact) mass is 429 g/mol. The number of ether oxygens (including phenoxy) is 1. The van der Waals surface area contributed by atoms with Gasteiger partial charge < -0.3 is 20.2 Å². The number of halogens is 5. The van der Waals surface area contributed by atoms with Crippen LogP contribution in [0.3, 0.4) is 0 Å². The molecule has 1 heterocycles. The van der Waals surface area contributed by atoms with Crippen molar-refractivity contribution in [2.75, 3.05) is 13.1 Å². The fraction of sp³-hybridized carbons (Fsp3) is 0.824. The zero-order valence-electron chi connectivity index (χ0n) is 16.3. The SMILES string of the molecule is CC(C)(C)OC(=O)N1CCC(C(=O)O/N=C(\N)C2CC(F)(F)C2)(C(F)(F)F)CC1. The first-order valence-corrected chi connectivity index (χ1v) is 9.04. The van der Waals surface area contributed by atoms with E-state index in [9.17, 15) is 31.5 Å². The van der Waals surface area contributed by atoms with Crippen molar-refractivity contribution in [1.82, 2.24) is 4.90 Å². The lowest BCUT2D eigenvalue weighted by molar-refractivity contribution is -0.244. The number of piperidine rings is 1. The zero-order valence-corrected chi connectivity index (χ0v) is 16.3. The Morgan fingerprint density at radius 3 is 2.03 bits per heavy atom. The lowest BCUT2D eigenvalue weighted by Gasteiger charge is -2.40. The molecule has 1 amide bonds. The van der Waals surface area contributed by atoms with Crippen LogP contribution in [-0.4, -0.2) is 53.6 Å². The molecule has 166 valence electrons. The van der Waals surface area contributed by atoms with Crippen molar-refractivity contribution in [1.29, 1.82) is 0 Å². The van der Waals surface area contributed by atoms with Crippen LogP contribution in [0.15, 0.2) is 5.16 Å². The number of hydrogen-bond donors (Lipinski definition) is 1. The van der Waals surface area contributed by atoms with E-state index in [1.165, 1.54) is 0 Å². The van der Waals surface area contributed by atoms with E-state index >= 15 is 0 Å². The lowest BCUT2D eigenvalue weighted by Crippen LogP contribution is -2.54. The molecule has 0 aromatic rings. The first kappa shape index (κ1) is 23.1. The van der Waals surface area contributed by atoms with Gasteiger partial charge in [-0.05, 0) is 33.6 Å². The van der Waals surface area contributed by atoms with Gasteiger partial charge in [0.25, 0.3) is 0 Å². The van der Waals surface area contributed by atoms with Crippen LogP contribution in [0, 0.1) is 11.3 Å². The fourth-order valence-corrected chi connectivity index (χ4v) is 3.13. The molecule has 0 radical (unpaired) electrons. The smallest absolute Gasteiger partial charge is 0.410 e. The highest BCUT2D eigenvalue weighted by Gasteiger charge is 2.63. The Kier molecular flexibility index (Phi) is 6.06. The Hall–Kier alpha value is -2.14. The molecule has 12 heteroatoms. The van der Waals surface area contributed by atoms with Crippen molar-refractivity contribution in [2.24, 2.45) is 22.2 Å². The van der Waals surface area contributed by atoms with Gasteiger partial charge in [0.2, 0.25) is 5.92 Å². The van der Waals surface area contributed by atoms with Crippen LogP contribution in [0.25, 0.3) is 0 Å². The van der Waals surface area contributed by atoms with Crippen molar-refractivity contribution in [2.45, 2.75) is 64.2 Å². The first-order valence-electron chi connectivity index (χ1n) is 9.04. The second-order valence-electron chi connectivity index (χ2n) is 8.40. The summed E-state index contributed by atoms with van der Waals surface area (Å²) in [5.74, 6) is -5.89. The van der Waals surface area contributed by atoms with Crippen molar-refractivity contribution in [3.8, 4) is 0 Å². The maximum absolute atomic E-state index is 13.7. The summed E-state index contributed by atoms with van der Waals surface area (Å²) in [4.78, 5) is 29.8. The largest absolute Gasteiger partial charge is 0.444 e. The normalized spacial score (nSPS) is 22.6. The number of amidine groups is 1. The van der Waals surface area contributed by atoms with E-state index in [-0.39, 0.29) is 13.1 Å². The third-order valence-corrected chi connectivity index (χ3v) is 4.94. The molecule has 0 spiro atoms. The summed E-state index contributed by atoms with van der Waals surface area (Å²) in [6, 6.07) is 0. The van der Waals surface area contributed by atoms with Crippen molar-refractivity contribution >= 4 is 17.9 Å². The van der Waals surface area contributed by atoms with Gasteiger partial charge in [0.1, 0.15) is 11.4 Å². The molecule has 0 aromatic heterocycles. The Labute approximate surface area is 164 Å². The van der Waals surface area contributed by atoms with Crippen LogP contribution in [0.2, 0.25) is 0 Å². The minimum atomic E-state index is -4.96. The maximum atomic E-state index is 13.7. The van der Waals surface area contributed by atoms with Crippen LogP contribution in [0.5, 0.6) is 0 Å². The highest BCUT2D eigenvalue weighted by atomic mass is 19.4. The molecule has 1 saturated carbocycles. The highest BCUT2D eigenvalue weighted by molar-refractivity contribution is 5.85. The van der Waals surface area contributed by atoms with E-state index in [2.05, 4.69) is 9.99 Å².